The summed E-state index contributed by atoms with van der Waals surface area (Å²) < 4.78 is 11.3. The number of ether oxygens (including phenoxy) is 1. The maximum absolute atomic E-state index is 12.9. The van der Waals surface area contributed by atoms with Gasteiger partial charge in [-0.3, -0.25) is 9.69 Å². The zero-order valence-electron chi connectivity index (χ0n) is 22.2. The Bertz CT molecular complexity index is 1140. The van der Waals surface area contributed by atoms with Crippen molar-refractivity contribution < 1.29 is 13.9 Å². The molecule has 1 amide bonds. The average Bonchev–Trinajstić information content (AvgIpc) is 2.87. The molecule has 196 valence electrons. The minimum absolute atomic E-state index is 0.00323. The van der Waals surface area contributed by atoms with E-state index in [2.05, 4.69) is 28.7 Å². The molecular formula is C29H41N3O4. The number of benzene rings is 1. The van der Waals surface area contributed by atoms with Gasteiger partial charge in [-0.2, -0.15) is 0 Å². The van der Waals surface area contributed by atoms with Crippen molar-refractivity contribution >= 4 is 16.9 Å². The molecule has 1 aromatic carbocycles. The fourth-order valence-electron chi connectivity index (χ4n) is 5.65. The first-order chi connectivity index (χ1) is 17.3. The van der Waals surface area contributed by atoms with E-state index in [1.165, 1.54) is 19.3 Å². The summed E-state index contributed by atoms with van der Waals surface area (Å²) in [6, 6.07) is 5.52. The monoisotopic (exact) mass is 495 g/mol. The Morgan fingerprint density at radius 3 is 2.58 bits per heavy atom. The van der Waals surface area contributed by atoms with Gasteiger partial charge in [0.1, 0.15) is 17.9 Å². The Labute approximate surface area is 214 Å². The first kappa shape index (κ1) is 26.4. The molecule has 2 aromatic rings. The van der Waals surface area contributed by atoms with Crippen LogP contribution in [0.1, 0.15) is 56.6 Å². The molecule has 1 aromatic heterocycles. The molecule has 36 heavy (non-hydrogen) atoms. The summed E-state index contributed by atoms with van der Waals surface area (Å²) in [6.07, 6.45) is 6.65. The van der Waals surface area contributed by atoms with E-state index in [9.17, 15) is 9.59 Å². The Balaban J connectivity index is 1.39. The maximum atomic E-state index is 12.9. The van der Waals surface area contributed by atoms with Crippen molar-refractivity contribution in [3.8, 4) is 5.75 Å². The van der Waals surface area contributed by atoms with Gasteiger partial charge in [-0.05, 0) is 63.4 Å². The van der Waals surface area contributed by atoms with Gasteiger partial charge in [0.2, 0.25) is 5.91 Å². The van der Waals surface area contributed by atoms with Crippen molar-refractivity contribution in [3.05, 3.63) is 51.9 Å². The van der Waals surface area contributed by atoms with Crippen molar-refractivity contribution in [2.24, 2.45) is 0 Å². The van der Waals surface area contributed by atoms with E-state index in [4.69, 9.17) is 9.15 Å². The Kier molecular flexibility index (Phi) is 8.52. The van der Waals surface area contributed by atoms with Gasteiger partial charge in [0, 0.05) is 61.7 Å². The molecule has 0 atom stereocenters. The largest absolute Gasteiger partial charge is 0.489 e. The predicted molar refractivity (Wildman–Crippen MR) is 144 cm³/mol. The molecule has 2 fully saturated rings. The van der Waals surface area contributed by atoms with Gasteiger partial charge in [0.05, 0.1) is 0 Å². The van der Waals surface area contributed by atoms with E-state index in [1.807, 2.05) is 26.0 Å². The van der Waals surface area contributed by atoms with Crippen LogP contribution in [0.4, 0.5) is 0 Å². The molecule has 1 N–H and O–H groups in total. The van der Waals surface area contributed by atoms with Gasteiger partial charge in [-0.1, -0.05) is 25.8 Å². The van der Waals surface area contributed by atoms with E-state index in [0.717, 1.165) is 55.5 Å². The van der Waals surface area contributed by atoms with Gasteiger partial charge in [-0.15, -0.1) is 0 Å². The Morgan fingerprint density at radius 2 is 1.89 bits per heavy atom. The molecule has 1 saturated carbocycles. The van der Waals surface area contributed by atoms with E-state index in [-0.39, 0.29) is 23.5 Å². The third-order valence-corrected chi connectivity index (χ3v) is 7.92. The summed E-state index contributed by atoms with van der Waals surface area (Å²) >= 11 is 0. The quantitative estimate of drug-likeness (QED) is 0.418. The molecule has 4 rings (SSSR count). The lowest BCUT2D eigenvalue weighted by Gasteiger charge is -2.49. The van der Waals surface area contributed by atoms with Crippen LogP contribution >= 0.6 is 0 Å². The molecular weight excluding hydrogens is 454 g/mol. The first-order valence-corrected chi connectivity index (χ1v) is 13.3. The van der Waals surface area contributed by atoms with E-state index in [0.29, 0.717) is 36.5 Å². The zero-order valence-corrected chi connectivity index (χ0v) is 22.2. The Morgan fingerprint density at radius 1 is 1.17 bits per heavy atom. The smallest absolute Gasteiger partial charge is 0.339 e. The summed E-state index contributed by atoms with van der Waals surface area (Å²) in [5.74, 6) is 0.633. The summed E-state index contributed by atoms with van der Waals surface area (Å²) in [5, 5.41) is 4.09. The van der Waals surface area contributed by atoms with Gasteiger partial charge < -0.3 is 19.4 Å². The van der Waals surface area contributed by atoms with Crippen LogP contribution in [-0.2, 0) is 11.2 Å². The van der Waals surface area contributed by atoms with Crippen molar-refractivity contribution in [1.82, 2.24) is 15.1 Å². The number of fused-ring (bicyclic) bond motifs is 1. The van der Waals surface area contributed by atoms with Gasteiger partial charge in [-0.25, -0.2) is 4.79 Å². The van der Waals surface area contributed by atoms with Crippen molar-refractivity contribution in [3.63, 3.8) is 0 Å². The second kappa shape index (κ2) is 11.6. The second-order valence-electron chi connectivity index (χ2n) is 10.7. The van der Waals surface area contributed by atoms with Crippen LogP contribution in [0.5, 0.6) is 5.75 Å². The third kappa shape index (κ3) is 6.19. The number of nitrogens with zero attached hydrogens (tertiary/aromatic N) is 2. The molecule has 0 bridgehead atoms. The lowest BCUT2D eigenvalue weighted by atomic mass is 9.79. The highest BCUT2D eigenvalue weighted by Gasteiger charge is 2.39. The van der Waals surface area contributed by atoms with Crippen LogP contribution < -0.4 is 15.7 Å². The third-order valence-electron chi connectivity index (χ3n) is 7.92. The van der Waals surface area contributed by atoms with Crippen LogP contribution in [0.15, 0.2) is 39.6 Å². The molecule has 1 saturated heterocycles. The molecule has 1 aliphatic heterocycles. The fourth-order valence-corrected chi connectivity index (χ4v) is 5.65. The minimum Gasteiger partial charge on any atom is -0.489 e. The highest BCUT2D eigenvalue weighted by atomic mass is 16.5. The van der Waals surface area contributed by atoms with Crippen molar-refractivity contribution in [2.45, 2.75) is 64.3 Å². The molecule has 0 radical (unpaired) electrons. The van der Waals surface area contributed by atoms with Crippen molar-refractivity contribution in [2.75, 3.05) is 46.4 Å². The van der Waals surface area contributed by atoms with Gasteiger partial charge >= 0.3 is 5.63 Å². The number of hydrogen-bond acceptors (Lipinski definition) is 6. The van der Waals surface area contributed by atoms with Crippen LogP contribution in [0, 0.1) is 6.92 Å². The number of nitrogens with one attached hydrogen (secondary N) is 1. The normalized spacial score (nSPS) is 18.8. The maximum Gasteiger partial charge on any atom is 0.339 e. The minimum atomic E-state index is -0.383. The lowest BCUT2D eigenvalue weighted by molar-refractivity contribution is -0.122. The van der Waals surface area contributed by atoms with Crippen molar-refractivity contribution in [1.29, 1.82) is 0 Å². The number of rotatable bonds is 9. The molecule has 7 heteroatoms. The highest BCUT2D eigenvalue weighted by Crippen LogP contribution is 2.34. The zero-order chi connectivity index (χ0) is 25.7. The Hall–Kier alpha value is -2.64. The molecule has 0 unspecified atom stereocenters. The van der Waals surface area contributed by atoms with E-state index < -0.39 is 0 Å². The molecule has 1 aliphatic carbocycles. The van der Waals surface area contributed by atoms with Gasteiger partial charge in [0.25, 0.3) is 0 Å². The fraction of sp³-hybridized carbons (Fsp3) is 0.586. The average molecular weight is 496 g/mol. The summed E-state index contributed by atoms with van der Waals surface area (Å²) in [5.41, 5.74) is 2.53. The van der Waals surface area contributed by atoms with Crippen LogP contribution in [-0.4, -0.2) is 67.6 Å². The molecule has 7 nitrogen and oxygen atoms in total. The molecule has 2 heterocycles. The van der Waals surface area contributed by atoms with E-state index in [1.54, 1.807) is 6.07 Å². The SMILES string of the molecule is C=C(C)COc1ccc2c(C)c(CCC(=O)NCC3(N4CCN(C)CC4)CCCCC3)c(=O)oc2c1. The number of amides is 1. The number of carbonyl (C=O) groups excluding carboxylic acids is 1. The predicted octanol–water partition coefficient (Wildman–Crippen LogP) is 4.06. The summed E-state index contributed by atoms with van der Waals surface area (Å²) in [6.45, 7) is 13.0. The topological polar surface area (TPSA) is 75.0 Å². The molecule has 2 aliphatic rings. The number of piperazine rings is 1. The van der Waals surface area contributed by atoms with Crippen LogP contribution in [0.25, 0.3) is 11.0 Å². The highest BCUT2D eigenvalue weighted by molar-refractivity contribution is 5.82. The van der Waals surface area contributed by atoms with Gasteiger partial charge in [0.15, 0.2) is 0 Å². The summed E-state index contributed by atoms with van der Waals surface area (Å²) in [7, 11) is 2.18. The second-order valence-corrected chi connectivity index (χ2v) is 10.7. The number of carbonyl (C=O) groups is 1. The van der Waals surface area contributed by atoms with Crippen LogP contribution in [0.2, 0.25) is 0 Å². The lowest BCUT2D eigenvalue weighted by Crippen LogP contribution is -2.61. The number of likely N-dealkylation sites (N-methyl/N-ethyl adjacent to an activating group) is 1. The number of aryl methyl sites for hydroxylation is 1. The molecule has 0 spiro atoms. The summed E-state index contributed by atoms with van der Waals surface area (Å²) in [4.78, 5) is 30.7. The van der Waals surface area contributed by atoms with E-state index >= 15 is 0 Å². The first-order valence-electron chi connectivity index (χ1n) is 13.3. The van der Waals surface area contributed by atoms with Crippen LogP contribution in [0.3, 0.4) is 0 Å². The standard InChI is InChI=1S/C29H41N3O4/c1-21(2)19-35-23-8-9-24-22(3)25(28(34)36-26(24)18-23)10-11-27(33)30-20-29(12-6-5-7-13-29)32-16-14-31(4)15-17-32/h8-9,18H,1,5-7,10-17,19-20H2,2-4H3,(H,30,33). The number of hydrogen-bond donors (Lipinski definition) is 1.